The number of rotatable bonds is 13. The Morgan fingerprint density at radius 3 is 3.00 bits per heavy atom. The van der Waals surface area contributed by atoms with Crippen LogP contribution in [-0.2, 0) is 13.1 Å². The molecule has 0 N–H and O–H groups in total. The second-order valence-corrected chi connectivity index (χ2v) is 6.36. The molecule has 0 saturated heterocycles. The van der Waals surface area contributed by atoms with E-state index in [0.29, 0.717) is 6.67 Å². The van der Waals surface area contributed by atoms with E-state index in [4.69, 9.17) is 0 Å². The van der Waals surface area contributed by atoms with Gasteiger partial charge in [-0.15, -0.1) is 0 Å². The highest BCUT2D eigenvalue weighted by atomic mass is 15.3. The summed E-state index contributed by atoms with van der Waals surface area (Å²) in [7, 11) is 0. The lowest BCUT2D eigenvalue weighted by atomic mass is 10.1. The predicted molar refractivity (Wildman–Crippen MR) is 121 cm³/mol. The number of nitrogens with zero attached hydrogens (tertiary/aromatic N) is 5. The maximum Gasteiger partial charge on any atom is 0.131 e. The van der Waals surface area contributed by atoms with E-state index in [2.05, 4.69) is 77.2 Å². The Labute approximate surface area is 170 Å². The number of aromatic nitrogens is 2. The van der Waals surface area contributed by atoms with Gasteiger partial charge in [-0.2, -0.15) is 5.10 Å². The molecule has 1 unspecified atom stereocenters. The molecule has 150 valence electrons. The van der Waals surface area contributed by atoms with E-state index in [0.717, 1.165) is 38.9 Å². The summed E-state index contributed by atoms with van der Waals surface area (Å²) >= 11 is 0. The molecule has 0 fully saturated rings. The fourth-order valence-corrected chi connectivity index (χ4v) is 2.69. The van der Waals surface area contributed by atoms with E-state index >= 15 is 0 Å². The van der Waals surface area contributed by atoms with Crippen molar-refractivity contribution >= 4 is 12.9 Å². The number of allylic oxidation sites excluding steroid dienone is 3. The van der Waals surface area contributed by atoms with Gasteiger partial charge in [0.1, 0.15) is 6.67 Å². The quantitative estimate of drug-likeness (QED) is 0.294. The standard InChI is InChI=1S/C23H33N5/c1-5-7-12-22(3)13-8-9-19-27(6-2)20-10-14-23-15-18-26-28(23)21-25-17-11-16-24-4/h5,8,11,13,15-18,22H,1,4,6,9-10,14,19-21H2,2-3H3/b13-8+,16-11-,25-17-. The molecule has 0 aliphatic heterocycles. The van der Waals surface area contributed by atoms with Crippen LogP contribution in [0.25, 0.3) is 0 Å². The number of hydrogen-bond acceptors (Lipinski definition) is 4. The Hall–Kier alpha value is -2.71. The molecular weight excluding hydrogens is 346 g/mol. The van der Waals surface area contributed by atoms with Crippen molar-refractivity contribution in [1.29, 1.82) is 0 Å². The zero-order chi connectivity index (χ0) is 20.5. The maximum atomic E-state index is 4.35. The third-order valence-electron chi connectivity index (χ3n) is 4.21. The normalized spacial score (nSPS) is 12.7. The Kier molecular flexibility index (Phi) is 12.8. The van der Waals surface area contributed by atoms with E-state index in [1.165, 1.54) is 5.69 Å². The molecule has 1 aromatic rings. The lowest BCUT2D eigenvalue weighted by Crippen LogP contribution is -2.26. The Morgan fingerprint density at radius 2 is 2.25 bits per heavy atom. The lowest BCUT2D eigenvalue weighted by Gasteiger charge is -2.19. The fraction of sp³-hybridized carbons (Fsp3) is 0.435. The van der Waals surface area contributed by atoms with Gasteiger partial charge in [0.2, 0.25) is 0 Å². The van der Waals surface area contributed by atoms with E-state index in [1.54, 1.807) is 24.6 Å². The van der Waals surface area contributed by atoms with Crippen molar-refractivity contribution in [3.63, 3.8) is 0 Å². The highest BCUT2D eigenvalue weighted by molar-refractivity contribution is 5.70. The Balaban J connectivity index is 2.35. The summed E-state index contributed by atoms with van der Waals surface area (Å²) in [5.74, 6) is 6.30. The second kappa shape index (κ2) is 15.4. The number of hydrogen-bond donors (Lipinski definition) is 0. The van der Waals surface area contributed by atoms with Gasteiger partial charge < -0.3 is 4.90 Å². The van der Waals surface area contributed by atoms with Crippen molar-refractivity contribution in [3.8, 4) is 11.8 Å². The number of aryl methyl sites for hydroxylation is 1. The van der Waals surface area contributed by atoms with Crippen molar-refractivity contribution in [2.75, 3.05) is 19.6 Å². The molecule has 5 heteroatoms. The fourth-order valence-electron chi connectivity index (χ4n) is 2.69. The minimum Gasteiger partial charge on any atom is -0.303 e. The molecule has 0 bridgehead atoms. The molecule has 1 aromatic heterocycles. The molecule has 0 radical (unpaired) electrons. The highest BCUT2D eigenvalue weighted by Gasteiger charge is 2.05. The first kappa shape index (κ1) is 23.3. The minimum absolute atomic E-state index is 0.277. The van der Waals surface area contributed by atoms with Crippen LogP contribution in [0.5, 0.6) is 0 Å². The van der Waals surface area contributed by atoms with Gasteiger partial charge in [0.25, 0.3) is 0 Å². The molecule has 28 heavy (non-hydrogen) atoms. The van der Waals surface area contributed by atoms with Crippen molar-refractivity contribution < 1.29 is 0 Å². The summed E-state index contributed by atoms with van der Waals surface area (Å²) in [6.07, 6.45) is 16.1. The van der Waals surface area contributed by atoms with Gasteiger partial charge in [0, 0.05) is 36.8 Å². The smallest absolute Gasteiger partial charge is 0.131 e. The van der Waals surface area contributed by atoms with Crippen molar-refractivity contribution in [3.05, 3.63) is 55.0 Å². The third kappa shape index (κ3) is 10.4. The zero-order valence-corrected chi connectivity index (χ0v) is 17.3. The first-order chi connectivity index (χ1) is 13.7. The zero-order valence-electron chi connectivity index (χ0n) is 17.3. The summed E-state index contributed by atoms with van der Waals surface area (Å²) in [6.45, 7) is 15.1. The van der Waals surface area contributed by atoms with E-state index < -0.39 is 0 Å². The molecule has 0 amide bonds. The molecule has 0 aromatic carbocycles. The molecule has 1 heterocycles. The molecule has 0 spiro atoms. The summed E-state index contributed by atoms with van der Waals surface area (Å²) in [5, 5.41) is 4.35. The average molecular weight is 380 g/mol. The van der Waals surface area contributed by atoms with Gasteiger partial charge in [-0.3, -0.25) is 9.98 Å². The maximum absolute atomic E-state index is 4.35. The summed E-state index contributed by atoms with van der Waals surface area (Å²) < 4.78 is 1.94. The van der Waals surface area contributed by atoms with Crippen molar-refractivity contribution in [2.24, 2.45) is 15.9 Å². The summed E-state index contributed by atoms with van der Waals surface area (Å²) in [4.78, 5) is 10.4. The van der Waals surface area contributed by atoms with Crippen LogP contribution in [-0.4, -0.2) is 47.2 Å². The Morgan fingerprint density at radius 1 is 1.39 bits per heavy atom. The molecule has 5 nitrogen and oxygen atoms in total. The highest BCUT2D eigenvalue weighted by Crippen LogP contribution is 2.05. The van der Waals surface area contributed by atoms with Gasteiger partial charge in [0.05, 0.1) is 0 Å². The molecule has 0 aliphatic carbocycles. The van der Waals surface area contributed by atoms with Crippen LogP contribution in [0.2, 0.25) is 0 Å². The van der Waals surface area contributed by atoms with Crippen molar-refractivity contribution in [2.45, 2.75) is 39.8 Å². The van der Waals surface area contributed by atoms with Gasteiger partial charge in [-0.1, -0.05) is 37.5 Å². The molecule has 0 aliphatic rings. The van der Waals surface area contributed by atoms with E-state index in [9.17, 15) is 0 Å². The SMILES string of the molecule is C=CC#CC(C)/C=C/CCN(CC)CCCc1ccnn1C/N=C\C=C/N=C. The largest absolute Gasteiger partial charge is 0.303 e. The van der Waals surface area contributed by atoms with E-state index in [-0.39, 0.29) is 5.92 Å². The summed E-state index contributed by atoms with van der Waals surface area (Å²) in [6, 6.07) is 2.07. The topological polar surface area (TPSA) is 45.8 Å². The van der Waals surface area contributed by atoms with Crippen LogP contribution in [0, 0.1) is 17.8 Å². The molecule has 0 saturated carbocycles. The predicted octanol–water partition coefficient (Wildman–Crippen LogP) is 4.15. The number of aliphatic imine (C=N–C) groups is 2. The van der Waals surface area contributed by atoms with Gasteiger partial charge in [-0.05, 0) is 64.2 Å². The first-order valence-corrected chi connectivity index (χ1v) is 9.83. The van der Waals surface area contributed by atoms with Crippen LogP contribution in [0.1, 0.15) is 32.4 Å². The van der Waals surface area contributed by atoms with E-state index in [1.807, 2.05) is 10.9 Å². The van der Waals surface area contributed by atoms with Crippen LogP contribution in [0.15, 0.2) is 59.3 Å². The van der Waals surface area contributed by atoms with Crippen LogP contribution in [0.4, 0.5) is 0 Å². The van der Waals surface area contributed by atoms with Gasteiger partial charge >= 0.3 is 0 Å². The second-order valence-electron chi connectivity index (χ2n) is 6.36. The molecule has 1 rings (SSSR count). The first-order valence-electron chi connectivity index (χ1n) is 9.83. The lowest BCUT2D eigenvalue weighted by molar-refractivity contribution is 0.289. The van der Waals surface area contributed by atoms with Crippen LogP contribution in [0.3, 0.4) is 0 Å². The van der Waals surface area contributed by atoms with Gasteiger partial charge in [0.15, 0.2) is 0 Å². The molecule has 1 atom stereocenters. The molecular formula is C23H33N5. The summed E-state index contributed by atoms with van der Waals surface area (Å²) in [5.41, 5.74) is 1.22. The average Bonchev–Trinajstić information content (AvgIpc) is 3.15. The van der Waals surface area contributed by atoms with Gasteiger partial charge in [-0.25, -0.2) is 4.68 Å². The van der Waals surface area contributed by atoms with Crippen molar-refractivity contribution in [1.82, 2.24) is 14.7 Å². The third-order valence-corrected chi connectivity index (χ3v) is 4.21. The van der Waals surface area contributed by atoms with Crippen LogP contribution < -0.4 is 0 Å². The van der Waals surface area contributed by atoms with Crippen LogP contribution >= 0.6 is 0 Å². The minimum atomic E-state index is 0.277. The monoisotopic (exact) mass is 379 g/mol. The Bertz CT molecular complexity index is 715.